The Morgan fingerprint density at radius 2 is 0.882 bits per heavy atom. The van der Waals surface area contributed by atoms with Crippen molar-refractivity contribution < 1.29 is 26.4 Å². The van der Waals surface area contributed by atoms with Crippen molar-refractivity contribution in [3.05, 3.63) is 0 Å². The molecule has 4 rings (SSSR count). The van der Waals surface area contributed by atoms with Crippen LogP contribution in [-0.4, -0.2) is 113 Å². The average molecular weight is 525 g/mol. The number of hydrogen-bond donors (Lipinski definition) is 0. The second-order valence-corrected chi connectivity index (χ2v) is 13.6. The first kappa shape index (κ1) is 30.8. The van der Waals surface area contributed by atoms with Crippen molar-refractivity contribution in [2.24, 2.45) is 0 Å². The third-order valence-electron chi connectivity index (χ3n) is 6.32. The first-order valence-corrected chi connectivity index (χ1v) is 15.4. The first-order chi connectivity index (χ1) is 15.9. The summed E-state index contributed by atoms with van der Waals surface area (Å²) in [6.07, 6.45) is 9.90. The molecule has 4 aliphatic rings. The minimum Gasteiger partial charge on any atom is -0.346 e. The van der Waals surface area contributed by atoms with Crippen LogP contribution in [0.4, 0.5) is 0 Å². The van der Waals surface area contributed by atoms with Gasteiger partial charge in [0.1, 0.15) is 0 Å². The number of carbonyl (C=O) groups excluding carboxylic acids is 2. The standard InChI is InChI=1S/C7H13NO.C6H11NO.C5H11NO2S.C4H9NO2S/c1-8-6-4-2-3-5-7(8)9;1-7-5-3-2-4-6(7)8;1-6-4-2-3-5-9(6,7)8;1-5-3-2-4-8(5,6)7/h2-6H2,1H3;2-5H2,1H3;2-5H2,1H3;2-4H2,1H3. The zero-order chi connectivity index (χ0) is 25.8. The zero-order valence-electron chi connectivity index (χ0n) is 21.4. The molecule has 4 aliphatic heterocycles. The van der Waals surface area contributed by atoms with E-state index in [2.05, 4.69) is 0 Å². The first-order valence-electron chi connectivity index (χ1n) is 12.2. The maximum Gasteiger partial charge on any atom is 0.222 e. The Hall–Kier alpha value is -1.24. The molecule has 4 heterocycles. The molecule has 10 nitrogen and oxygen atoms in total. The Bertz CT molecular complexity index is 847. The molecule has 0 N–H and O–H groups in total. The van der Waals surface area contributed by atoms with E-state index in [-0.39, 0.29) is 0 Å². The molecule has 2 amide bonds. The molecule has 0 aliphatic carbocycles. The normalized spacial score (nSPS) is 25.1. The molecule has 12 heteroatoms. The van der Waals surface area contributed by atoms with Gasteiger partial charge in [0.15, 0.2) is 0 Å². The quantitative estimate of drug-likeness (QED) is 0.472. The number of piperidine rings is 1. The highest BCUT2D eigenvalue weighted by atomic mass is 32.2. The van der Waals surface area contributed by atoms with Gasteiger partial charge in [0.05, 0.1) is 11.5 Å². The number of nitrogens with zero attached hydrogens (tertiary/aromatic N) is 4. The molecule has 0 radical (unpaired) electrons. The third-order valence-corrected chi connectivity index (χ3v) is 10.2. The van der Waals surface area contributed by atoms with Crippen molar-refractivity contribution in [2.45, 2.75) is 64.2 Å². The molecule has 0 saturated carbocycles. The third kappa shape index (κ3) is 11.5. The summed E-state index contributed by atoms with van der Waals surface area (Å²) < 4.78 is 46.0. The molecule has 0 spiro atoms. The van der Waals surface area contributed by atoms with E-state index in [1.807, 2.05) is 19.0 Å². The molecule has 0 aromatic carbocycles. The van der Waals surface area contributed by atoms with Crippen LogP contribution < -0.4 is 0 Å². The van der Waals surface area contributed by atoms with Crippen LogP contribution in [0.15, 0.2) is 0 Å². The van der Waals surface area contributed by atoms with Gasteiger partial charge in [-0.3, -0.25) is 9.59 Å². The monoisotopic (exact) mass is 524 g/mol. The Kier molecular flexibility index (Phi) is 13.6. The molecular weight excluding hydrogens is 480 g/mol. The van der Waals surface area contributed by atoms with Crippen LogP contribution in [-0.2, 0) is 29.6 Å². The van der Waals surface area contributed by atoms with Gasteiger partial charge in [-0.05, 0) is 44.9 Å². The highest BCUT2D eigenvalue weighted by Gasteiger charge is 2.23. The number of sulfonamides is 2. The van der Waals surface area contributed by atoms with E-state index in [1.165, 1.54) is 27.9 Å². The second-order valence-electron chi connectivity index (χ2n) is 9.23. The van der Waals surface area contributed by atoms with Crippen molar-refractivity contribution in [1.82, 2.24) is 18.4 Å². The molecule has 4 fully saturated rings. The van der Waals surface area contributed by atoms with Crippen LogP contribution in [0.1, 0.15) is 64.2 Å². The van der Waals surface area contributed by atoms with Gasteiger partial charge in [-0.1, -0.05) is 6.42 Å². The molecule has 34 heavy (non-hydrogen) atoms. The van der Waals surface area contributed by atoms with Crippen molar-refractivity contribution in [1.29, 1.82) is 0 Å². The number of amides is 2. The lowest BCUT2D eigenvalue weighted by atomic mass is 10.1. The van der Waals surface area contributed by atoms with Gasteiger partial charge >= 0.3 is 0 Å². The van der Waals surface area contributed by atoms with Crippen LogP contribution in [0, 0.1) is 0 Å². The van der Waals surface area contributed by atoms with E-state index in [1.54, 1.807) is 19.0 Å². The summed E-state index contributed by atoms with van der Waals surface area (Å²) in [5, 5.41) is 0. The lowest BCUT2D eigenvalue weighted by Gasteiger charge is -2.21. The van der Waals surface area contributed by atoms with Crippen LogP contribution in [0.2, 0.25) is 0 Å². The fourth-order valence-electron chi connectivity index (χ4n) is 3.74. The minimum absolute atomic E-state index is 0.302. The van der Waals surface area contributed by atoms with Gasteiger partial charge in [0.2, 0.25) is 31.9 Å². The molecule has 0 atom stereocenters. The fraction of sp³-hybridized carbons (Fsp3) is 0.909. The van der Waals surface area contributed by atoms with Crippen molar-refractivity contribution >= 4 is 31.9 Å². The van der Waals surface area contributed by atoms with Gasteiger partial charge < -0.3 is 9.80 Å². The maximum atomic E-state index is 10.9. The molecule has 4 saturated heterocycles. The Morgan fingerprint density at radius 1 is 0.500 bits per heavy atom. The summed E-state index contributed by atoms with van der Waals surface area (Å²) in [7, 11) is 1.37. The average Bonchev–Trinajstić information content (AvgIpc) is 2.96. The Morgan fingerprint density at radius 3 is 1.24 bits per heavy atom. The summed E-state index contributed by atoms with van der Waals surface area (Å²) in [5.74, 6) is 1.29. The van der Waals surface area contributed by atoms with Crippen LogP contribution in [0.3, 0.4) is 0 Å². The van der Waals surface area contributed by atoms with Crippen LogP contribution in [0.25, 0.3) is 0 Å². The smallest absolute Gasteiger partial charge is 0.222 e. The van der Waals surface area contributed by atoms with E-state index >= 15 is 0 Å². The van der Waals surface area contributed by atoms with E-state index in [4.69, 9.17) is 0 Å². The summed E-state index contributed by atoms with van der Waals surface area (Å²) in [5.41, 5.74) is 0. The molecule has 0 unspecified atom stereocenters. The van der Waals surface area contributed by atoms with Gasteiger partial charge in [0.25, 0.3) is 0 Å². The predicted octanol–water partition coefficient (Wildman–Crippen LogP) is 1.34. The van der Waals surface area contributed by atoms with E-state index in [9.17, 15) is 26.4 Å². The van der Waals surface area contributed by atoms with Crippen molar-refractivity contribution in [3.63, 3.8) is 0 Å². The highest BCUT2D eigenvalue weighted by Crippen LogP contribution is 2.10. The lowest BCUT2D eigenvalue weighted by molar-refractivity contribution is -0.131. The Labute approximate surface area is 206 Å². The van der Waals surface area contributed by atoms with Crippen molar-refractivity contribution in [3.8, 4) is 0 Å². The van der Waals surface area contributed by atoms with Gasteiger partial charge in [-0.15, -0.1) is 0 Å². The van der Waals surface area contributed by atoms with E-state index < -0.39 is 20.0 Å². The molecule has 0 aromatic rings. The van der Waals surface area contributed by atoms with Crippen LogP contribution in [0.5, 0.6) is 0 Å². The summed E-state index contributed by atoms with van der Waals surface area (Å²) in [4.78, 5) is 25.3. The summed E-state index contributed by atoms with van der Waals surface area (Å²) in [6.45, 7) is 3.31. The number of hydrogen-bond acceptors (Lipinski definition) is 6. The lowest BCUT2D eigenvalue weighted by Crippen LogP contribution is -2.34. The van der Waals surface area contributed by atoms with E-state index in [0.29, 0.717) is 36.4 Å². The van der Waals surface area contributed by atoms with Gasteiger partial charge in [0, 0.05) is 67.2 Å². The van der Waals surface area contributed by atoms with Crippen LogP contribution >= 0.6 is 0 Å². The Balaban J connectivity index is 0.000000227. The zero-order valence-corrected chi connectivity index (χ0v) is 23.0. The summed E-state index contributed by atoms with van der Waals surface area (Å²) >= 11 is 0. The van der Waals surface area contributed by atoms with E-state index in [0.717, 1.165) is 58.0 Å². The fourth-order valence-corrected chi connectivity index (χ4v) is 6.24. The number of likely N-dealkylation sites (tertiary alicyclic amines) is 2. The molecule has 0 bridgehead atoms. The molecule has 0 aromatic heterocycles. The minimum atomic E-state index is -2.83. The topological polar surface area (TPSA) is 115 Å². The van der Waals surface area contributed by atoms with Gasteiger partial charge in [-0.25, -0.2) is 25.4 Å². The number of carbonyl (C=O) groups is 2. The number of rotatable bonds is 0. The maximum absolute atomic E-state index is 10.9. The SMILES string of the molecule is CN1CCCCC1=O.CN1CCCCCC1=O.CN1CCCCS1(=O)=O.CN1CCCS1(=O)=O. The van der Waals surface area contributed by atoms with Crippen molar-refractivity contribution in [2.75, 3.05) is 65.9 Å². The predicted molar refractivity (Wildman–Crippen MR) is 134 cm³/mol. The summed E-state index contributed by atoms with van der Waals surface area (Å²) in [6, 6.07) is 0. The molecular formula is C22H44N4O6S2. The van der Waals surface area contributed by atoms with Gasteiger partial charge in [-0.2, -0.15) is 0 Å². The second kappa shape index (κ2) is 15.0. The largest absolute Gasteiger partial charge is 0.346 e. The molecule has 200 valence electrons. The highest BCUT2D eigenvalue weighted by molar-refractivity contribution is 7.89.